The van der Waals surface area contributed by atoms with E-state index in [4.69, 9.17) is 5.73 Å². The number of nitrogen functional groups attached to an aromatic ring is 1. The van der Waals surface area contributed by atoms with Crippen LogP contribution in [0.5, 0.6) is 0 Å². The molecule has 0 spiro atoms. The molecule has 0 aliphatic heterocycles. The van der Waals surface area contributed by atoms with Gasteiger partial charge in [0, 0.05) is 24.5 Å². The molecule has 0 bridgehead atoms. The Hall–Kier alpha value is -3.87. The average molecular weight is 387 g/mol. The third-order valence-corrected chi connectivity index (χ3v) is 4.93. The molecule has 0 radical (unpaired) electrons. The van der Waals surface area contributed by atoms with Gasteiger partial charge in [-0.2, -0.15) is 0 Å². The number of nitrogens with zero attached hydrogens (tertiary/aromatic N) is 3. The maximum absolute atomic E-state index is 13.1. The first-order chi connectivity index (χ1) is 13.9. The molecule has 3 aromatic heterocycles. The van der Waals surface area contributed by atoms with Gasteiger partial charge in [-0.15, -0.1) is 0 Å². The molecular formula is C22H21N5O2. The third kappa shape index (κ3) is 3.50. The number of para-hydroxylation sites is 1. The number of pyridine rings is 2. The number of aromatic nitrogens is 3. The molecule has 1 aromatic carbocycles. The van der Waals surface area contributed by atoms with E-state index in [2.05, 4.69) is 9.97 Å². The lowest BCUT2D eigenvalue weighted by Gasteiger charge is -2.19. The number of nitrogens with one attached hydrogen (secondary N) is 1. The van der Waals surface area contributed by atoms with Crippen LogP contribution in [-0.2, 0) is 6.54 Å². The second kappa shape index (κ2) is 7.27. The number of H-pyrrole nitrogens is 1. The van der Waals surface area contributed by atoms with E-state index in [1.54, 1.807) is 19.2 Å². The van der Waals surface area contributed by atoms with E-state index in [-0.39, 0.29) is 18.0 Å². The van der Waals surface area contributed by atoms with Crippen molar-refractivity contribution in [1.29, 1.82) is 0 Å². The van der Waals surface area contributed by atoms with Crippen molar-refractivity contribution in [2.24, 2.45) is 0 Å². The van der Waals surface area contributed by atoms with Crippen LogP contribution < -0.4 is 16.2 Å². The molecule has 0 aliphatic carbocycles. The van der Waals surface area contributed by atoms with Crippen molar-refractivity contribution < 1.29 is 4.79 Å². The van der Waals surface area contributed by atoms with Crippen LogP contribution in [0.2, 0.25) is 0 Å². The van der Waals surface area contributed by atoms with Crippen LogP contribution in [0.15, 0.2) is 65.5 Å². The van der Waals surface area contributed by atoms with Gasteiger partial charge in [-0.05, 0) is 42.8 Å². The van der Waals surface area contributed by atoms with Gasteiger partial charge in [0.2, 0.25) is 0 Å². The monoisotopic (exact) mass is 387 g/mol. The second-order valence-electron chi connectivity index (χ2n) is 6.95. The molecule has 7 heteroatoms. The maximum atomic E-state index is 13.1. The van der Waals surface area contributed by atoms with Crippen LogP contribution >= 0.6 is 0 Å². The molecule has 1 amide bonds. The lowest BCUT2D eigenvalue weighted by Crippen LogP contribution is -2.33. The molecule has 7 nitrogen and oxygen atoms in total. The zero-order chi connectivity index (χ0) is 20.5. The van der Waals surface area contributed by atoms with Crippen molar-refractivity contribution in [1.82, 2.24) is 14.5 Å². The van der Waals surface area contributed by atoms with Gasteiger partial charge >= 0.3 is 0 Å². The molecule has 3 N–H and O–H groups in total. The van der Waals surface area contributed by atoms with Gasteiger partial charge < -0.3 is 15.6 Å². The van der Waals surface area contributed by atoms with Crippen molar-refractivity contribution in [3.63, 3.8) is 0 Å². The van der Waals surface area contributed by atoms with Crippen molar-refractivity contribution in [3.8, 4) is 0 Å². The number of rotatable bonds is 4. The Morgan fingerprint density at radius 2 is 1.90 bits per heavy atom. The number of amides is 1. The highest BCUT2D eigenvalue weighted by Crippen LogP contribution is 2.20. The van der Waals surface area contributed by atoms with E-state index in [1.807, 2.05) is 49.4 Å². The highest BCUT2D eigenvalue weighted by atomic mass is 16.2. The van der Waals surface area contributed by atoms with E-state index >= 15 is 0 Å². The zero-order valence-corrected chi connectivity index (χ0v) is 16.2. The highest BCUT2D eigenvalue weighted by Gasteiger charge is 2.18. The average Bonchev–Trinajstić information content (AvgIpc) is 3.10. The van der Waals surface area contributed by atoms with Crippen LogP contribution in [-0.4, -0.2) is 27.5 Å². The Kier molecular flexibility index (Phi) is 4.64. The van der Waals surface area contributed by atoms with E-state index in [0.29, 0.717) is 11.5 Å². The summed E-state index contributed by atoms with van der Waals surface area (Å²) in [6, 6.07) is 17.8. The van der Waals surface area contributed by atoms with Crippen molar-refractivity contribution in [2.45, 2.75) is 13.5 Å². The highest BCUT2D eigenvalue weighted by molar-refractivity contribution is 6.04. The van der Waals surface area contributed by atoms with Gasteiger partial charge in [-0.25, -0.2) is 4.98 Å². The first-order valence-corrected chi connectivity index (χ1v) is 9.21. The van der Waals surface area contributed by atoms with Gasteiger partial charge in [-0.3, -0.25) is 14.2 Å². The zero-order valence-electron chi connectivity index (χ0n) is 16.2. The fourth-order valence-corrected chi connectivity index (χ4v) is 3.29. The number of aromatic amines is 1. The normalized spacial score (nSPS) is 11.0. The number of carbonyl (C=O) groups is 1. The molecule has 0 unspecified atom stereocenters. The Morgan fingerprint density at radius 3 is 2.66 bits per heavy atom. The fourth-order valence-electron chi connectivity index (χ4n) is 3.29. The summed E-state index contributed by atoms with van der Waals surface area (Å²) in [5.74, 6) is 0.212. The smallest absolute Gasteiger partial charge is 0.274 e. The van der Waals surface area contributed by atoms with Crippen molar-refractivity contribution >= 4 is 28.4 Å². The van der Waals surface area contributed by atoms with Crippen LogP contribution in [0.25, 0.3) is 11.0 Å². The number of aryl methyl sites for hydroxylation is 1. The summed E-state index contributed by atoms with van der Waals surface area (Å²) in [6.45, 7) is 2.11. The summed E-state index contributed by atoms with van der Waals surface area (Å²) in [6.07, 6.45) is 0. The molecule has 0 fully saturated rings. The van der Waals surface area contributed by atoms with Gasteiger partial charge in [0.25, 0.3) is 11.5 Å². The Balaban J connectivity index is 1.72. The first kappa shape index (κ1) is 18.5. The molecule has 29 heavy (non-hydrogen) atoms. The summed E-state index contributed by atoms with van der Waals surface area (Å²) in [5.41, 5.74) is 9.91. The van der Waals surface area contributed by atoms with Crippen LogP contribution in [0.4, 0.5) is 11.5 Å². The van der Waals surface area contributed by atoms with Crippen LogP contribution in [0.3, 0.4) is 0 Å². The molecule has 4 rings (SSSR count). The van der Waals surface area contributed by atoms with Crippen molar-refractivity contribution in [3.05, 3.63) is 88.0 Å². The van der Waals surface area contributed by atoms with E-state index in [0.717, 1.165) is 28.0 Å². The summed E-state index contributed by atoms with van der Waals surface area (Å²) in [7, 11) is 1.69. The molecular weight excluding hydrogens is 366 g/mol. The predicted molar refractivity (Wildman–Crippen MR) is 114 cm³/mol. The summed E-state index contributed by atoms with van der Waals surface area (Å²) >= 11 is 0. The Labute approximate surface area is 167 Å². The number of hydrogen-bond donors (Lipinski definition) is 2. The van der Waals surface area contributed by atoms with Gasteiger partial charge in [0.15, 0.2) is 0 Å². The number of fused-ring (bicyclic) bond motifs is 1. The third-order valence-electron chi connectivity index (χ3n) is 4.93. The van der Waals surface area contributed by atoms with Crippen LogP contribution in [0, 0.1) is 6.92 Å². The van der Waals surface area contributed by atoms with Gasteiger partial charge in [0.05, 0.1) is 17.6 Å². The number of nitrogens with two attached hydrogens (primary N) is 1. The minimum atomic E-state index is -0.261. The first-order valence-electron chi connectivity index (χ1n) is 9.21. The molecule has 0 aliphatic rings. The molecule has 146 valence electrons. The topological polar surface area (TPSA) is 97.0 Å². The Bertz CT molecular complexity index is 1220. The number of carbonyl (C=O) groups excluding carboxylic acids is 1. The quantitative estimate of drug-likeness (QED) is 0.563. The lowest BCUT2D eigenvalue weighted by molar-refractivity contribution is 0.0983. The van der Waals surface area contributed by atoms with Crippen LogP contribution in [0.1, 0.15) is 21.7 Å². The fraction of sp³-hybridized carbons (Fsp3) is 0.136. The number of hydrogen-bond acceptors (Lipinski definition) is 4. The number of anilines is 2. The molecule has 0 saturated carbocycles. The number of benzene rings is 1. The lowest BCUT2D eigenvalue weighted by atomic mass is 10.2. The predicted octanol–water partition coefficient (Wildman–Crippen LogP) is 2.94. The second-order valence-corrected chi connectivity index (χ2v) is 6.95. The van der Waals surface area contributed by atoms with E-state index in [1.165, 1.54) is 15.5 Å². The Morgan fingerprint density at radius 1 is 1.14 bits per heavy atom. The summed E-state index contributed by atoms with van der Waals surface area (Å²) in [4.78, 5) is 34.8. The van der Waals surface area contributed by atoms with Gasteiger partial charge in [-0.1, -0.05) is 24.3 Å². The molecule has 3 heterocycles. The molecule has 4 aromatic rings. The van der Waals surface area contributed by atoms with E-state index < -0.39 is 0 Å². The van der Waals surface area contributed by atoms with Crippen molar-refractivity contribution in [2.75, 3.05) is 17.7 Å². The minimum Gasteiger partial charge on any atom is -0.383 e. The van der Waals surface area contributed by atoms with E-state index in [9.17, 15) is 9.59 Å². The maximum Gasteiger partial charge on any atom is 0.274 e. The standard InChI is InChI=1S/C22H21N5O2/c1-14-11-17-18(25-21(14)23)12-15(24-17)13-27-19(9-6-10-20(27)28)22(29)26(2)16-7-4-3-5-8-16/h3-12,24H,13H2,1-2H3,(H2,23,25). The largest absolute Gasteiger partial charge is 0.383 e. The molecule has 0 atom stereocenters. The summed E-state index contributed by atoms with van der Waals surface area (Å²) < 4.78 is 1.46. The minimum absolute atomic E-state index is 0.221. The molecule has 0 saturated heterocycles. The SMILES string of the molecule is Cc1cc2[nH]c(Cn3c(C(=O)N(C)c4ccccc4)cccc3=O)cc2nc1N. The summed E-state index contributed by atoms with van der Waals surface area (Å²) in [5, 5.41) is 0. The van der Waals surface area contributed by atoms with Gasteiger partial charge in [0.1, 0.15) is 11.5 Å².